The van der Waals surface area contributed by atoms with Crippen LogP contribution in [0.5, 0.6) is 0 Å². The van der Waals surface area contributed by atoms with Crippen molar-refractivity contribution in [2.45, 2.75) is 18.4 Å². The summed E-state index contributed by atoms with van der Waals surface area (Å²) in [6.07, 6.45) is 1.00. The molecule has 2 amide bonds. The van der Waals surface area contributed by atoms with Gasteiger partial charge in [0.2, 0.25) is 0 Å². The van der Waals surface area contributed by atoms with Gasteiger partial charge in [0.1, 0.15) is 0 Å². The first-order valence-corrected chi connectivity index (χ1v) is 8.85. The molecule has 2 atom stereocenters. The highest BCUT2D eigenvalue weighted by Crippen LogP contribution is 2.40. The summed E-state index contributed by atoms with van der Waals surface area (Å²) < 4.78 is 5.42. The summed E-state index contributed by atoms with van der Waals surface area (Å²) in [7, 11) is 0. The maximum Gasteiger partial charge on any atom is 0.319 e. The van der Waals surface area contributed by atoms with Crippen molar-refractivity contribution < 1.29 is 9.53 Å². The molecule has 2 fully saturated rings. The van der Waals surface area contributed by atoms with Gasteiger partial charge in [0.05, 0.1) is 24.6 Å². The van der Waals surface area contributed by atoms with Crippen LogP contribution in [0.25, 0.3) is 0 Å². The summed E-state index contributed by atoms with van der Waals surface area (Å²) in [4.78, 5) is 14.7. The third-order valence-corrected chi connectivity index (χ3v) is 4.84. The number of hydrogen-bond acceptors (Lipinski definition) is 3. The second-order valence-electron chi connectivity index (χ2n) is 6.57. The third kappa shape index (κ3) is 3.77. The van der Waals surface area contributed by atoms with E-state index >= 15 is 0 Å². The highest BCUT2D eigenvalue weighted by molar-refractivity contribution is 5.93. The van der Waals surface area contributed by atoms with Crippen LogP contribution in [-0.4, -0.2) is 38.4 Å². The first-order chi connectivity index (χ1) is 12.3. The molecule has 5 heteroatoms. The van der Waals surface area contributed by atoms with Gasteiger partial charge >= 0.3 is 6.03 Å². The zero-order valence-corrected chi connectivity index (χ0v) is 14.2. The monoisotopic (exact) mass is 337 g/mol. The number of nitrogens with one attached hydrogen (secondary N) is 2. The molecule has 1 saturated carbocycles. The molecule has 5 nitrogen and oxygen atoms in total. The minimum atomic E-state index is -0.135. The summed E-state index contributed by atoms with van der Waals surface area (Å²) >= 11 is 0. The molecule has 0 radical (unpaired) electrons. The number of amides is 2. The molecule has 2 aromatic rings. The van der Waals surface area contributed by atoms with E-state index in [0.29, 0.717) is 5.92 Å². The van der Waals surface area contributed by atoms with E-state index in [-0.39, 0.29) is 12.1 Å². The lowest BCUT2D eigenvalue weighted by Crippen LogP contribution is -2.37. The average molecular weight is 337 g/mol. The molecule has 1 saturated heterocycles. The average Bonchev–Trinajstić information content (AvgIpc) is 3.42. The largest absolute Gasteiger partial charge is 0.378 e. The maximum atomic E-state index is 12.4. The van der Waals surface area contributed by atoms with Crippen LogP contribution < -0.4 is 15.5 Å². The maximum absolute atomic E-state index is 12.4. The molecule has 4 rings (SSSR count). The molecule has 25 heavy (non-hydrogen) atoms. The summed E-state index contributed by atoms with van der Waals surface area (Å²) in [6.45, 7) is 3.14. The van der Waals surface area contributed by atoms with Crippen molar-refractivity contribution in [3.8, 4) is 0 Å². The Balaban J connectivity index is 1.37. The molecule has 2 unspecified atom stereocenters. The van der Waals surface area contributed by atoms with Gasteiger partial charge in [0.15, 0.2) is 0 Å². The zero-order chi connectivity index (χ0) is 17.1. The minimum Gasteiger partial charge on any atom is -0.378 e. The van der Waals surface area contributed by atoms with E-state index in [0.717, 1.165) is 44.1 Å². The van der Waals surface area contributed by atoms with Crippen molar-refractivity contribution in [3.63, 3.8) is 0 Å². The van der Waals surface area contributed by atoms with Crippen molar-refractivity contribution in [1.29, 1.82) is 0 Å². The molecule has 1 aliphatic heterocycles. The van der Waals surface area contributed by atoms with Crippen molar-refractivity contribution in [2.75, 3.05) is 36.5 Å². The minimum absolute atomic E-state index is 0.135. The molecule has 0 spiro atoms. The van der Waals surface area contributed by atoms with Crippen LogP contribution in [0.3, 0.4) is 0 Å². The predicted molar refractivity (Wildman–Crippen MR) is 99.2 cm³/mol. The van der Waals surface area contributed by atoms with E-state index in [9.17, 15) is 4.79 Å². The SMILES string of the molecule is O=C(Nc1ccccc1N1CCOCC1)NC1CC1c1ccccc1. The first kappa shape index (κ1) is 16.0. The summed E-state index contributed by atoms with van der Waals surface area (Å²) in [5.41, 5.74) is 3.19. The number of rotatable bonds is 4. The van der Waals surface area contributed by atoms with Gasteiger partial charge in [-0.3, -0.25) is 0 Å². The fourth-order valence-corrected chi connectivity index (χ4v) is 3.41. The van der Waals surface area contributed by atoms with Crippen LogP contribution in [0.2, 0.25) is 0 Å². The number of carbonyl (C=O) groups excluding carboxylic acids is 1. The van der Waals surface area contributed by atoms with Gasteiger partial charge in [-0.2, -0.15) is 0 Å². The third-order valence-electron chi connectivity index (χ3n) is 4.84. The molecule has 0 bridgehead atoms. The topological polar surface area (TPSA) is 53.6 Å². The van der Waals surface area contributed by atoms with E-state index < -0.39 is 0 Å². The van der Waals surface area contributed by atoms with Gasteiger partial charge in [0.25, 0.3) is 0 Å². The zero-order valence-electron chi connectivity index (χ0n) is 14.2. The fraction of sp³-hybridized carbons (Fsp3) is 0.350. The molecule has 1 heterocycles. The Kier molecular flexibility index (Phi) is 4.57. The second-order valence-corrected chi connectivity index (χ2v) is 6.57. The summed E-state index contributed by atoms with van der Waals surface area (Å²) in [5, 5.41) is 6.11. The molecule has 130 valence electrons. The highest BCUT2D eigenvalue weighted by Gasteiger charge is 2.39. The number of ether oxygens (including phenoxy) is 1. The molecule has 2 aromatic carbocycles. The standard InChI is InChI=1S/C20H23N3O2/c24-20(22-18-14-16(18)15-6-2-1-3-7-15)21-17-8-4-5-9-19(17)23-10-12-25-13-11-23/h1-9,16,18H,10-14H2,(H2,21,22,24). The van der Waals surface area contributed by atoms with Crippen LogP contribution in [0.4, 0.5) is 16.2 Å². The lowest BCUT2D eigenvalue weighted by molar-refractivity contribution is 0.123. The predicted octanol–water partition coefficient (Wildman–Crippen LogP) is 3.20. The molecule has 0 aromatic heterocycles. The molecular weight excluding hydrogens is 314 g/mol. The Morgan fingerprint density at radius 2 is 1.72 bits per heavy atom. The van der Waals surface area contributed by atoms with E-state index in [4.69, 9.17) is 4.74 Å². The number of carbonyl (C=O) groups is 1. The summed E-state index contributed by atoms with van der Waals surface area (Å²) in [6, 6.07) is 18.4. The number of nitrogens with zero attached hydrogens (tertiary/aromatic N) is 1. The molecule has 1 aliphatic carbocycles. The lowest BCUT2D eigenvalue weighted by atomic mass is 10.1. The van der Waals surface area contributed by atoms with Crippen molar-refractivity contribution in [1.82, 2.24) is 5.32 Å². The number of hydrogen-bond donors (Lipinski definition) is 2. The van der Waals surface area contributed by atoms with Crippen LogP contribution >= 0.6 is 0 Å². The number of para-hydroxylation sites is 2. The Morgan fingerprint density at radius 3 is 2.52 bits per heavy atom. The van der Waals surface area contributed by atoms with Gasteiger partial charge in [-0.05, 0) is 24.1 Å². The quantitative estimate of drug-likeness (QED) is 0.901. The molecule has 2 aliphatic rings. The van der Waals surface area contributed by atoms with Crippen LogP contribution in [0.1, 0.15) is 17.9 Å². The van der Waals surface area contributed by atoms with Crippen LogP contribution in [0, 0.1) is 0 Å². The number of anilines is 2. The van der Waals surface area contributed by atoms with E-state index in [1.807, 2.05) is 42.5 Å². The Labute approximate surface area is 148 Å². The van der Waals surface area contributed by atoms with E-state index in [2.05, 4.69) is 27.7 Å². The highest BCUT2D eigenvalue weighted by atomic mass is 16.5. The number of urea groups is 1. The van der Waals surface area contributed by atoms with Crippen molar-refractivity contribution in [2.24, 2.45) is 0 Å². The first-order valence-electron chi connectivity index (χ1n) is 8.85. The number of morpholine rings is 1. The van der Waals surface area contributed by atoms with Crippen molar-refractivity contribution >= 4 is 17.4 Å². The van der Waals surface area contributed by atoms with E-state index in [1.165, 1.54) is 5.56 Å². The van der Waals surface area contributed by atoms with Gasteiger partial charge in [0, 0.05) is 25.0 Å². The second kappa shape index (κ2) is 7.15. The Bertz CT molecular complexity index is 729. The van der Waals surface area contributed by atoms with Crippen LogP contribution in [0.15, 0.2) is 54.6 Å². The fourth-order valence-electron chi connectivity index (χ4n) is 3.41. The van der Waals surface area contributed by atoms with Gasteiger partial charge in [-0.25, -0.2) is 4.79 Å². The lowest BCUT2D eigenvalue weighted by Gasteiger charge is -2.30. The Morgan fingerprint density at radius 1 is 1.00 bits per heavy atom. The molecule has 2 N–H and O–H groups in total. The van der Waals surface area contributed by atoms with Crippen molar-refractivity contribution in [3.05, 3.63) is 60.2 Å². The summed E-state index contributed by atoms with van der Waals surface area (Å²) in [5.74, 6) is 0.432. The van der Waals surface area contributed by atoms with Gasteiger partial charge in [-0.15, -0.1) is 0 Å². The van der Waals surface area contributed by atoms with Crippen LogP contribution in [-0.2, 0) is 4.74 Å². The van der Waals surface area contributed by atoms with Gasteiger partial charge in [-0.1, -0.05) is 42.5 Å². The Hall–Kier alpha value is -2.53. The van der Waals surface area contributed by atoms with E-state index in [1.54, 1.807) is 0 Å². The number of benzene rings is 2. The molecular formula is C20H23N3O2. The normalized spacial score (nSPS) is 22.3. The van der Waals surface area contributed by atoms with Gasteiger partial charge < -0.3 is 20.3 Å². The smallest absolute Gasteiger partial charge is 0.319 e.